The van der Waals surface area contributed by atoms with Crippen molar-refractivity contribution in [1.29, 1.82) is 0 Å². The Kier molecular flexibility index (Phi) is 2.82. The lowest BCUT2D eigenvalue weighted by Crippen LogP contribution is -2.46. The number of aliphatic hydroxyl groups excluding tert-OH is 1. The molecular formula is C11H21NO2. The summed E-state index contributed by atoms with van der Waals surface area (Å²) in [5.74, 6) is 0. The van der Waals surface area contributed by atoms with E-state index in [9.17, 15) is 0 Å². The fourth-order valence-electron chi connectivity index (χ4n) is 2.27. The van der Waals surface area contributed by atoms with Gasteiger partial charge in [0.15, 0.2) is 0 Å². The Bertz CT molecular complexity index is 199. The molecule has 2 fully saturated rings. The van der Waals surface area contributed by atoms with Crippen LogP contribution in [0, 0.1) is 0 Å². The van der Waals surface area contributed by atoms with Gasteiger partial charge in [-0.05, 0) is 39.5 Å². The molecule has 0 aromatic carbocycles. The van der Waals surface area contributed by atoms with Gasteiger partial charge in [0.2, 0.25) is 0 Å². The van der Waals surface area contributed by atoms with Gasteiger partial charge in [-0.2, -0.15) is 0 Å². The zero-order chi connectivity index (χ0) is 10.2. The second-order valence-corrected chi connectivity index (χ2v) is 5.27. The number of aliphatic hydroxyl groups is 1. The Morgan fingerprint density at radius 1 is 1.43 bits per heavy atom. The van der Waals surface area contributed by atoms with Crippen molar-refractivity contribution in [1.82, 2.24) is 5.32 Å². The van der Waals surface area contributed by atoms with Gasteiger partial charge >= 0.3 is 0 Å². The van der Waals surface area contributed by atoms with Crippen LogP contribution in [0.4, 0.5) is 0 Å². The van der Waals surface area contributed by atoms with Crippen LogP contribution in [-0.2, 0) is 4.74 Å². The van der Waals surface area contributed by atoms with E-state index < -0.39 is 0 Å². The van der Waals surface area contributed by atoms with Gasteiger partial charge in [0.25, 0.3) is 0 Å². The van der Waals surface area contributed by atoms with Gasteiger partial charge in [-0.25, -0.2) is 0 Å². The molecule has 1 heterocycles. The summed E-state index contributed by atoms with van der Waals surface area (Å²) >= 11 is 0. The van der Waals surface area contributed by atoms with Crippen molar-refractivity contribution in [3.63, 3.8) is 0 Å². The van der Waals surface area contributed by atoms with Crippen LogP contribution in [0.1, 0.15) is 39.5 Å². The minimum absolute atomic E-state index is 0.0616. The van der Waals surface area contributed by atoms with Crippen LogP contribution in [0.3, 0.4) is 0 Å². The molecule has 14 heavy (non-hydrogen) atoms. The molecule has 2 N–H and O–H groups in total. The molecule has 0 amide bonds. The molecular weight excluding hydrogens is 178 g/mol. The monoisotopic (exact) mass is 199 g/mol. The molecule has 1 saturated heterocycles. The van der Waals surface area contributed by atoms with Crippen molar-refractivity contribution < 1.29 is 9.84 Å². The van der Waals surface area contributed by atoms with Crippen LogP contribution < -0.4 is 5.32 Å². The van der Waals surface area contributed by atoms with Crippen molar-refractivity contribution in [3.05, 3.63) is 0 Å². The smallest absolute Gasteiger partial charge is 0.0707 e. The molecule has 0 radical (unpaired) electrons. The standard InChI is InChI=1S/C11H21NO2/c1-11(2)4-3-10(14-11)7-12-8-5-9(13)6-8/h8-10,12-13H,3-7H2,1-2H3. The topological polar surface area (TPSA) is 41.5 Å². The molecule has 0 aromatic rings. The van der Waals surface area contributed by atoms with E-state index in [1.165, 1.54) is 0 Å². The van der Waals surface area contributed by atoms with Crippen molar-refractivity contribution >= 4 is 0 Å². The molecule has 0 aromatic heterocycles. The van der Waals surface area contributed by atoms with E-state index in [0.717, 1.165) is 32.2 Å². The lowest BCUT2D eigenvalue weighted by Gasteiger charge is -2.33. The molecule has 1 atom stereocenters. The molecule has 2 aliphatic rings. The lowest BCUT2D eigenvalue weighted by atomic mass is 9.89. The summed E-state index contributed by atoms with van der Waals surface area (Å²) in [6.45, 7) is 5.25. The Balaban J connectivity index is 1.63. The van der Waals surface area contributed by atoms with E-state index in [-0.39, 0.29) is 11.7 Å². The van der Waals surface area contributed by atoms with Gasteiger partial charge in [-0.15, -0.1) is 0 Å². The maximum atomic E-state index is 9.12. The largest absolute Gasteiger partial charge is 0.393 e. The third-order valence-corrected chi connectivity index (χ3v) is 3.30. The van der Waals surface area contributed by atoms with E-state index in [4.69, 9.17) is 9.84 Å². The van der Waals surface area contributed by atoms with Crippen molar-refractivity contribution in [3.8, 4) is 0 Å². The summed E-state index contributed by atoms with van der Waals surface area (Å²) in [5.41, 5.74) is 0.0749. The molecule has 1 aliphatic heterocycles. The minimum atomic E-state index is -0.0616. The molecule has 2 rings (SSSR count). The maximum Gasteiger partial charge on any atom is 0.0707 e. The first-order valence-electron chi connectivity index (χ1n) is 5.64. The number of hydrogen-bond donors (Lipinski definition) is 2. The van der Waals surface area contributed by atoms with Crippen LogP contribution in [-0.4, -0.2) is 35.5 Å². The van der Waals surface area contributed by atoms with Crippen molar-refractivity contribution in [2.45, 2.75) is 63.4 Å². The van der Waals surface area contributed by atoms with Crippen molar-refractivity contribution in [2.24, 2.45) is 0 Å². The van der Waals surface area contributed by atoms with Crippen LogP contribution in [0.15, 0.2) is 0 Å². The molecule has 1 aliphatic carbocycles. The molecule has 1 unspecified atom stereocenters. The summed E-state index contributed by atoms with van der Waals surface area (Å²) in [7, 11) is 0. The summed E-state index contributed by atoms with van der Waals surface area (Å²) in [6.07, 6.45) is 4.46. The minimum Gasteiger partial charge on any atom is -0.393 e. The van der Waals surface area contributed by atoms with Crippen LogP contribution in [0.5, 0.6) is 0 Å². The summed E-state index contributed by atoms with van der Waals surface area (Å²) in [6, 6.07) is 0.525. The Morgan fingerprint density at radius 2 is 2.14 bits per heavy atom. The first kappa shape index (κ1) is 10.4. The van der Waals surface area contributed by atoms with Crippen LogP contribution >= 0.6 is 0 Å². The highest BCUT2D eigenvalue weighted by Crippen LogP contribution is 2.29. The summed E-state index contributed by atoms with van der Waals surface area (Å²) < 4.78 is 5.87. The van der Waals surface area contributed by atoms with Crippen molar-refractivity contribution in [2.75, 3.05) is 6.54 Å². The highest BCUT2D eigenvalue weighted by molar-refractivity contribution is 4.87. The molecule has 3 nitrogen and oxygen atoms in total. The summed E-state index contributed by atoms with van der Waals surface area (Å²) in [5, 5.41) is 12.6. The highest BCUT2D eigenvalue weighted by atomic mass is 16.5. The second kappa shape index (κ2) is 3.80. The average molecular weight is 199 g/mol. The molecule has 0 spiro atoms. The number of rotatable bonds is 3. The third-order valence-electron chi connectivity index (χ3n) is 3.30. The fraction of sp³-hybridized carbons (Fsp3) is 1.00. The highest BCUT2D eigenvalue weighted by Gasteiger charge is 2.33. The van der Waals surface area contributed by atoms with E-state index in [1.807, 2.05) is 0 Å². The van der Waals surface area contributed by atoms with Gasteiger partial charge in [0, 0.05) is 12.6 Å². The number of nitrogens with one attached hydrogen (secondary N) is 1. The van der Waals surface area contributed by atoms with E-state index >= 15 is 0 Å². The number of hydrogen-bond acceptors (Lipinski definition) is 3. The Morgan fingerprint density at radius 3 is 2.64 bits per heavy atom. The van der Waals surface area contributed by atoms with E-state index in [2.05, 4.69) is 19.2 Å². The third kappa shape index (κ3) is 2.47. The van der Waals surface area contributed by atoms with Gasteiger partial charge in [-0.1, -0.05) is 0 Å². The van der Waals surface area contributed by atoms with Crippen LogP contribution in [0.25, 0.3) is 0 Å². The molecule has 0 bridgehead atoms. The summed E-state index contributed by atoms with van der Waals surface area (Å²) in [4.78, 5) is 0. The first-order chi connectivity index (χ1) is 6.55. The predicted octanol–water partition coefficient (Wildman–Crippen LogP) is 1.06. The van der Waals surface area contributed by atoms with E-state index in [1.54, 1.807) is 0 Å². The second-order valence-electron chi connectivity index (χ2n) is 5.27. The molecule has 3 heteroatoms. The quantitative estimate of drug-likeness (QED) is 0.714. The number of ether oxygens (including phenoxy) is 1. The average Bonchev–Trinajstić information content (AvgIpc) is 2.37. The Hall–Kier alpha value is -0.120. The predicted molar refractivity (Wildman–Crippen MR) is 55.2 cm³/mol. The zero-order valence-corrected chi connectivity index (χ0v) is 9.12. The maximum absolute atomic E-state index is 9.12. The lowest BCUT2D eigenvalue weighted by molar-refractivity contribution is -0.0197. The molecule has 1 saturated carbocycles. The Labute approximate surface area is 85.8 Å². The SMILES string of the molecule is CC1(C)CCC(CNC2CC(O)C2)O1. The molecule has 82 valence electrons. The van der Waals surface area contributed by atoms with E-state index in [0.29, 0.717) is 12.1 Å². The van der Waals surface area contributed by atoms with Gasteiger partial charge in [0.05, 0.1) is 17.8 Å². The fourth-order valence-corrected chi connectivity index (χ4v) is 2.27. The van der Waals surface area contributed by atoms with Crippen LogP contribution in [0.2, 0.25) is 0 Å². The van der Waals surface area contributed by atoms with Gasteiger partial charge in [-0.3, -0.25) is 0 Å². The zero-order valence-electron chi connectivity index (χ0n) is 9.12. The first-order valence-corrected chi connectivity index (χ1v) is 5.64. The van der Waals surface area contributed by atoms with Gasteiger partial charge < -0.3 is 15.2 Å². The normalized spacial score (nSPS) is 40.9. The van der Waals surface area contributed by atoms with Gasteiger partial charge in [0.1, 0.15) is 0 Å².